The van der Waals surface area contributed by atoms with Crippen LogP contribution in [0, 0.1) is 0 Å². The van der Waals surface area contributed by atoms with Gasteiger partial charge in [0.1, 0.15) is 0 Å². The lowest BCUT2D eigenvalue weighted by Gasteiger charge is -2.00. The maximum atomic E-state index is 10.6. The van der Waals surface area contributed by atoms with E-state index < -0.39 is 0 Å². The minimum absolute atomic E-state index is 0.00463. The number of carbonyl (C=O) groups is 3. The first kappa shape index (κ1) is 21.6. The molecule has 106 valence electrons. The van der Waals surface area contributed by atoms with Gasteiger partial charge in [-0.2, -0.15) is 0 Å². The molecule has 0 radical (unpaired) electrons. The molecule has 0 bridgehead atoms. The molecule has 18 heavy (non-hydrogen) atoms. The molecule has 0 rings (SSSR count). The summed E-state index contributed by atoms with van der Waals surface area (Å²) >= 11 is 0. The Kier molecular flexibility index (Phi) is 18.5. The third kappa shape index (κ3) is 23.9. The second-order valence-corrected chi connectivity index (χ2v) is 4.50. The lowest BCUT2D eigenvalue weighted by Crippen LogP contribution is -2.21. The zero-order valence-electron chi connectivity index (χ0n) is 12.1. The number of hydrogen-bond donors (Lipinski definition) is 3. The van der Waals surface area contributed by atoms with Gasteiger partial charge in [0.25, 0.3) is 0 Å². The van der Waals surface area contributed by atoms with Crippen molar-refractivity contribution in [2.24, 2.45) is 0 Å². The number of carbonyl (C=O) groups excluding carboxylic acids is 3. The Morgan fingerprint density at radius 1 is 1.00 bits per heavy atom. The first-order valence-electron chi connectivity index (χ1n) is 5.47. The van der Waals surface area contributed by atoms with Crippen LogP contribution >= 0.6 is 0 Å². The summed E-state index contributed by atoms with van der Waals surface area (Å²) in [4.78, 5) is 30.0. The van der Waals surface area contributed by atoms with Crippen molar-refractivity contribution in [2.45, 2.75) is 19.4 Å². The number of nitrogens with one attached hydrogen (secondary N) is 3. The maximum Gasteiger partial charge on any atom is 0.222 e. The molecule has 0 aromatic rings. The van der Waals surface area contributed by atoms with E-state index >= 15 is 0 Å². The van der Waals surface area contributed by atoms with E-state index in [1.165, 1.54) is 13.8 Å². The third-order valence-corrected chi connectivity index (χ3v) is 2.71. The van der Waals surface area contributed by atoms with Crippen molar-refractivity contribution in [3.63, 3.8) is 0 Å². The van der Waals surface area contributed by atoms with Crippen LogP contribution in [-0.2, 0) is 14.4 Å². The molecule has 0 aromatic carbocycles. The fourth-order valence-corrected chi connectivity index (χ4v) is 0.623. The van der Waals surface area contributed by atoms with Crippen LogP contribution in [0.2, 0.25) is 5.54 Å². The molecule has 0 aromatic heterocycles. The molecule has 1 unspecified atom stereocenters. The predicted molar refractivity (Wildman–Crippen MR) is 77.4 cm³/mol. The highest BCUT2D eigenvalue weighted by atomic mass is 28.1. The zero-order valence-corrected chi connectivity index (χ0v) is 14.1. The van der Waals surface area contributed by atoms with Crippen molar-refractivity contribution in [1.82, 2.24) is 16.0 Å². The second-order valence-electron chi connectivity index (χ2n) is 3.25. The molecule has 6 nitrogen and oxygen atoms in total. The molecule has 7 heteroatoms. The van der Waals surface area contributed by atoms with Crippen molar-refractivity contribution in [1.29, 1.82) is 0 Å². The molecule has 0 heterocycles. The van der Waals surface area contributed by atoms with E-state index in [1.807, 2.05) is 0 Å². The Morgan fingerprint density at radius 2 is 1.28 bits per heavy atom. The quantitative estimate of drug-likeness (QED) is 0.427. The molecular formula is C11H25N3O3Si. The summed E-state index contributed by atoms with van der Waals surface area (Å²) in [5, 5.41) is 7.32. The van der Waals surface area contributed by atoms with E-state index in [2.05, 4.69) is 22.5 Å². The van der Waals surface area contributed by atoms with Crippen molar-refractivity contribution in [3.8, 4) is 0 Å². The van der Waals surface area contributed by atoms with E-state index in [4.69, 9.17) is 0 Å². The van der Waals surface area contributed by atoms with E-state index in [-0.39, 0.29) is 23.3 Å². The fraction of sp³-hybridized carbons (Fsp3) is 0.545. The Labute approximate surface area is 112 Å². The highest BCUT2D eigenvalue weighted by Gasteiger charge is 2.03. The third-order valence-electron chi connectivity index (χ3n) is 1.72. The molecule has 3 N–H and O–H groups in total. The Balaban J connectivity index is -0.000000197. The molecule has 0 aliphatic carbocycles. The average molecular weight is 275 g/mol. The van der Waals surface area contributed by atoms with Crippen LogP contribution < -0.4 is 16.0 Å². The first-order chi connectivity index (χ1) is 8.26. The highest BCUT2D eigenvalue weighted by Crippen LogP contribution is 1.96. The van der Waals surface area contributed by atoms with Gasteiger partial charge in [-0.25, -0.2) is 0 Å². The van der Waals surface area contributed by atoms with Gasteiger partial charge < -0.3 is 16.0 Å². The average Bonchev–Trinajstić information content (AvgIpc) is 2.37. The van der Waals surface area contributed by atoms with Gasteiger partial charge in [0.15, 0.2) is 0 Å². The highest BCUT2D eigenvalue weighted by molar-refractivity contribution is 6.25. The van der Waals surface area contributed by atoms with Crippen molar-refractivity contribution >= 4 is 28.0 Å². The lowest BCUT2D eigenvalue weighted by molar-refractivity contribution is -0.120. The SMILES string of the molecule is C=CC([SiH3])C(=O)NC.CNC(C)=O.CNC(C)=O. The van der Waals surface area contributed by atoms with Gasteiger partial charge in [-0.15, -0.1) is 6.58 Å². The Bertz CT molecular complexity index is 256. The lowest BCUT2D eigenvalue weighted by atomic mass is 10.4. The van der Waals surface area contributed by atoms with E-state index in [0.29, 0.717) is 0 Å². The van der Waals surface area contributed by atoms with E-state index in [9.17, 15) is 14.4 Å². The van der Waals surface area contributed by atoms with Gasteiger partial charge in [0, 0.05) is 50.8 Å². The minimum Gasteiger partial charge on any atom is -0.359 e. The normalized spacial score (nSPS) is 9.39. The van der Waals surface area contributed by atoms with Gasteiger partial charge in [-0.05, 0) is 0 Å². The first-order valence-corrected chi connectivity index (χ1v) is 6.62. The zero-order chi connectivity index (χ0) is 15.1. The number of amides is 3. The maximum absolute atomic E-state index is 10.6. The molecule has 0 saturated heterocycles. The predicted octanol–water partition coefficient (Wildman–Crippen LogP) is -1.42. The van der Waals surface area contributed by atoms with E-state index in [0.717, 1.165) is 10.2 Å². The van der Waals surface area contributed by atoms with Crippen molar-refractivity contribution in [2.75, 3.05) is 21.1 Å². The summed E-state index contributed by atoms with van der Waals surface area (Å²) in [6.07, 6.45) is 1.67. The molecule has 1 atom stereocenters. The number of hydrogen-bond acceptors (Lipinski definition) is 3. The van der Waals surface area contributed by atoms with Gasteiger partial charge in [-0.3, -0.25) is 14.4 Å². The minimum atomic E-state index is 0.00463. The summed E-state index contributed by atoms with van der Waals surface area (Å²) in [5.41, 5.74) is 0.0694. The van der Waals surface area contributed by atoms with Crippen LogP contribution in [-0.4, -0.2) is 49.1 Å². The topological polar surface area (TPSA) is 87.3 Å². The molecule has 0 fully saturated rings. The van der Waals surface area contributed by atoms with Gasteiger partial charge >= 0.3 is 0 Å². The molecule has 0 saturated carbocycles. The fourth-order valence-electron chi connectivity index (χ4n) is 0.335. The smallest absolute Gasteiger partial charge is 0.222 e. The summed E-state index contributed by atoms with van der Waals surface area (Å²) < 4.78 is 0. The van der Waals surface area contributed by atoms with Crippen LogP contribution in [0.3, 0.4) is 0 Å². The molecule has 0 aliphatic rings. The van der Waals surface area contributed by atoms with Crippen molar-refractivity contribution < 1.29 is 14.4 Å². The summed E-state index contributed by atoms with van der Waals surface area (Å²) in [6, 6.07) is 0. The van der Waals surface area contributed by atoms with E-state index in [1.54, 1.807) is 27.2 Å². The Morgan fingerprint density at radius 3 is 1.33 bits per heavy atom. The number of rotatable bonds is 2. The monoisotopic (exact) mass is 275 g/mol. The van der Waals surface area contributed by atoms with Crippen LogP contribution in [0.1, 0.15) is 13.8 Å². The molecule has 0 spiro atoms. The van der Waals surface area contributed by atoms with Crippen molar-refractivity contribution in [3.05, 3.63) is 12.7 Å². The standard InChI is InChI=1S/C5H11NOSi.2C3H7NO/c1-3-4(8)5(7)6-2;2*1-3(5)4-2/h3-4H,1H2,2,8H3,(H,6,7);2*1-2H3,(H,4,5). The van der Waals surface area contributed by atoms with Crippen LogP contribution in [0.15, 0.2) is 12.7 Å². The second kappa shape index (κ2) is 15.4. The van der Waals surface area contributed by atoms with Gasteiger partial charge in [0.05, 0.1) is 0 Å². The molecule has 3 amide bonds. The summed E-state index contributed by atoms with van der Waals surface area (Å²) in [7, 11) is 5.69. The molecule has 0 aliphatic heterocycles. The van der Waals surface area contributed by atoms with Gasteiger partial charge in [-0.1, -0.05) is 6.08 Å². The van der Waals surface area contributed by atoms with Crippen LogP contribution in [0.5, 0.6) is 0 Å². The van der Waals surface area contributed by atoms with Crippen LogP contribution in [0.4, 0.5) is 0 Å². The van der Waals surface area contributed by atoms with Crippen LogP contribution in [0.25, 0.3) is 0 Å². The Hall–Kier alpha value is -1.63. The largest absolute Gasteiger partial charge is 0.359 e. The summed E-state index contributed by atoms with van der Waals surface area (Å²) in [6.45, 7) is 6.45. The molecular weight excluding hydrogens is 250 g/mol. The van der Waals surface area contributed by atoms with Gasteiger partial charge in [0.2, 0.25) is 17.7 Å². The summed E-state index contributed by atoms with van der Waals surface area (Å²) in [5.74, 6) is 0.0849.